The molecule has 10 heteroatoms. The minimum Gasteiger partial charge on any atom is -0.370 e. The second-order valence-corrected chi connectivity index (χ2v) is 8.49. The zero-order chi connectivity index (χ0) is 26.7. The summed E-state index contributed by atoms with van der Waals surface area (Å²) in [7, 11) is 0. The van der Waals surface area contributed by atoms with Crippen molar-refractivity contribution in [1.29, 1.82) is 0 Å². The summed E-state index contributed by atoms with van der Waals surface area (Å²) in [6.07, 6.45) is -0.597. The molecule has 0 aliphatic rings. The van der Waals surface area contributed by atoms with Crippen molar-refractivity contribution in [2.24, 2.45) is 29.0 Å². The van der Waals surface area contributed by atoms with Gasteiger partial charge in [-0.2, -0.15) is 0 Å². The van der Waals surface area contributed by atoms with Crippen LogP contribution in [0.3, 0.4) is 0 Å². The normalized spacial score (nSPS) is 14.0. The lowest BCUT2D eigenvalue weighted by atomic mass is 9.87. The van der Waals surface area contributed by atoms with Gasteiger partial charge >= 0.3 is 0 Å². The van der Waals surface area contributed by atoms with Gasteiger partial charge in [0.15, 0.2) is 11.6 Å². The van der Waals surface area contributed by atoms with Crippen molar-refractivity contribution >= 4 is 35.6 Å². The molecule has 0 aromatic heterocycles. The molecule has 0 fully saturated rings. The molecule has 2 unspecified atom stereocenters. The van der Waals surface area contributed by atoms with Gasteiger partial charge in [-0.25, -0.2) is 0 Å². The lowest BCUT2D eigenvalue weighted by Gasteiger charge is -2.24. The van der Waals surface area contributed by atoms with Gasteiger partial charge in [0.1, 0.15) is 12.2 Å². The van der Waals surface area contributed by atoms with Gasteiger partial charge in [0.05, 0.1) is 24.4 Å². The summed E-state index contributed by atoms with van der Waals surface area (Å²) >= 11 is 0. The number of primary amides is 2. The Morgan fingerprint density at radius 2 is 1.25 bits per heavy atom. The average molecular weight is 495 g/mol. The van der Waals surface area contributed by atoms with Crippen LogP contribution in [0.15, 0.2) is 60.7 Å². The molecule has 0 aliphatic heterocycles. The molecule has 0 aliphatic carbocycles. The lowest BCUT2D eigenvalue weighted by molar-refractivity contribution is -0.139. The fourth-order valence-electron chi connectivity index (χ4n) is 3.79. The molecule has 36 heavy (non-hydrogen) atoms. The van der Waals surface area contributed by atoms with E-state index in [9.17, 15) is 28.8 Å². The zero-order valence-corrected chi connectivity index (χ0v) is 19.7. The molecule has 0 heterocycles. The van der Waals surface area contributed by atoms with E-state index in [-0.39, 0.29) is 12.8 Å². The van der Waals surface area contributed by atoms with Gasteiger partial charge in [-0.1, -0.05) is 60.7 Å². The average Bonchev–Trinajstić information content (AvgIpc) is 2.85. The number of rotatable bonds is 15. The van der Waals surface area contributed by atoms with Crippen LogP contribution in [0.5, 0.6) is 0 Å². The molecule has 0 saturated carbocycles. The SMILES string of the molecule is NC(=O)C[C@H](NC(=O)C(Cc1ccccc1)C(=O)[C@@H](N)CC(N)=O)C(=O)C(C=O)Cc1ccccc1. The number of amides is 3. The highest BCUT2D eigenvalue weighted by molar-refractivity contribution is 6.07. The van der Waals surface area contributed by atoms with E-state index in [1.807, 2.05) is 0 Å². The number of aldehydes is 1. The molecule has 3 amide bonds. The number of nitrogens with one attached hydrogen (secondary N) is 1. The summed E-state index contributed by atoms with van der Waals surface area (Å²) in [6.45, 7) is 0. The number of nitrogens with two attached hydrogens (primary N) is 3. The van der Waals surface area contributed by atoms with Gasteiger partial charge in [-0.05, 0) is 24.0 Å². The van der Waals surface area contributed by atoms with Gasteiger partial charge in [-0.15, -0.1) is 0 Å². The monoisotopic (exact) mass is 494 g/mol. The van der Waals surface area contributed by atoms with Crippen molar-refractivity contribution in [2.45, 2.75) is 37.8 Å². The van der Waals surface area contributed by atoms with Gasteiger partial charge in [-0.3, -0.25) is 24.0 Å². The first-order chi connectivity index (χ1) is 17.1. The van der Waals surface area contributed by atoms with E-state index in [1.165, 1.54) is 0 Å². The summed E-state index contributed by atoms with van der Waals surface area (Å²) < 4.78 is 0. The Labute approximate surface area is 208 Å². The molecule has 0 radical (unpaired) electrons. The zero-order valence-electron chi connectivity index (χ0n) is 19.7. The van der Waals surface area contributed by atoms with E-state index in [4.69, 9.17) is 17.2 Å². The largest absolute Gasteiger partial charge is 0.370 e. The van der Waals surface area contributed by atoms with Crippen molar-refractivity contribution in [2.75, 3.05) is 0 Å². The highest BCUT2D eigenvalue weighted by atomic mass is 16.2. The summed E-state index contributed by atoms with van der Waals surface area (Å²) in [5.41, 5.74) is 17.6. The first-order valence-electron chi connectivity index (χ1n) is 11.4. The van der Waals surface area contributed by atoms with Crippen LogP contribution >= 0.6 is 0 Å². The van der Waals surface area contributed by atoms with E-state index in [1.54, 1.807) is 60.7 Å². The number of ketones is 2. The van der Waals surface area contributed by atoms with E-state index in [0.29, 0.717) is 17.4 Å². The van der Waals surface area contributed by atoms with Crippen molar-refractivity contribution in [3.05, 3.63) is 71.8 Å². The van der Waals surface area contributed by atoms with Crippen LogP contribution < -0.4 is 22.5 Å². The van der Waals surface area contributed by atoms with Crippen molar-refractivity contribution < 1.29 is 28.8 Å². The number of hydrogen-bond acceptors (Lipinski definition) is 7. The number of benzene rings is 2. The van der Waals surface area contributed by atoms with Crippen LogP contribution in [-0.2, 0) is 41.6 Å². The van der Waals surface area contributed by atoms with Gasteiger partial charge in [0, 0.05) is 6.42 Å². The van der Waals surface area contributed by atoms with Crippen LogP contribution in [0.2, 0.25) is 0 Å². The van der Waals surface area contributed by atoms with Crippen LogP contribution in [0, 0.1) is 11.8 Å². The maximum absolute atomic E-state index is 13.2. The topological polar surface area (TPSA) is 193 Å². The van der Waals surface area contributed by atoms with Crippen LogP contribution in [-0.4, -0.2) is 47.7 Å². The molecular weight excluding hydrogens is 464 g/mol. The van der Waals surface area contributed by atoms with Gasteiger partial charge in [0.25, 0.3) is 0 Å². The van der Waals surface area contributed by atoms with Crippen molar-refractivity contribution in [3.8, 4) is 0 Å². The molecule has 2 rings (SSSR count). The van der Waals surface area contributed by atoms with E-state index in [0.717, 1.165) is 0 Å². The molecule has 0 bridgehead atoms. The number of Topliss-reactive ketones (excluding diaryl/α,β-unsaturated/α-hetero) is 2. The minimum absolute atomic E-state index is 0.0597. The third-order valence-electron chi connectivity index (χ3n) is 5.62. The quantitative estimate of drug-likeness (QED) is 0.191. The Kier molecular flexibility index (Phi) is 10.6. The second kappa shape index (κ2) is 13.6. The summed E-state index contributed by atoms with van der Waals surface area (Å²) in [6, 6.07) is 14.6. The standard InChI is InChI=1S/C26H30N4O6/c27-20(13-22(28)32)25(35)19(12-17-9-5-2-6-10-17)26(36)30-21(14-23(29)33)24(34)18(15-31)11-16-7-3-1-4-8-16/h1-10,15,18-21H,11-14,27H2,(H2,28,32)(H2,29,33)(H,30,36)/t18?,19?,20-,21-/m0/s1. The molecule has 0 saturated heterocycles. The van der Waals surface area contributed by atoms with E-state index in [2.05, 4.69) is 5.32 Å². The Morgan fingerprint density at radius 1 is 0.750 bits per heavy atom. The fourth-order valence-corrected chi connectivity index (χ4v) is 3.79. The number of carbonyl (C=O) groups is 6. The summed E-state index contributed by atoms with van der Waals surface area (Å²) in [5, 5.41) is 2.42. The van der Waals surface area contributed by atoms with Gasteiger partial charge in [0.2, 0.25) is 17.7 Å². The highest BCUT2D eigenvalue weighted by Gasteiger charge is 2.36. The molecule has 0 spiro atoms. The smallest absolute Gasteiger partial charge is 0.231 e. The van der Waals surface area contributed by atoms with Crippen molar-refractivity contribution in [1.82, 2.24) is 5.32 Å². The summed E-state index contributed by atoms with van der Waals surface area (Å²) in [5.74, 6) is -6.58. The molecule has 190 valence electrons. The third-order valence-corrected chi connectivity index (χ3v) is 5.62. The molecule has 2 aromatic rings. The third kappa shape index (κ3) is 8.55. The number of carbonyl (C=O) groups excluding carboxylic acids is 6. The van der Waals surface area contributed by atoms with Crippen molar-refractivity contribution in [3.63, 3.8) is 0 Å². The van der Waals surface area contributed by atoms with Crippen LogP contribution in [0.25, 0.3) is 0 Å². The lowest BCUT2D eigenvalue weighted by Crippen LogP contribution is -2.52. The predicted octanol–water partition coefficient (Wildman–Crippen LogP) is -0.396. The molecule has 2 aromatic carbocycles. The summed E-state index contributed by atoms with van der Waals surface area (Å²) in [4.78, 5) is 74.1. The van der Waals surface area contributed by atoms with E-state index >= 15 is 0 Å². The minimum atomic E-state index is -1.44. The van der Waals surface area contributed by atoms with Crippen LogP contribution in [0.4, 0.5) is 0 Å². The molecular formula is C26H30N4O6. The Bertz CT molecular complexity index is 1090. The second-order valence-electron chi connectivity index (χ2n) is 8.49. The first-order valence-corrected chi connectivity index (χ1v) is 11.4. The Morgan fingerprint density at radius 3 is 1.72 bits per heavy atom. The van der Waals surface area contributed by atoms with Gasteiger partial charge < -0.3 is 27.3 Å². The first kappa shape index (κ1) is 28.1. The maximum Gasteiger partial charge on any atom is 0.231 e. The fraction of sp³-hybridized carbons (Fsp3) is 0.308. The maximum atomic E-state index is 13.2. The van der Waals surface area contributed by atoms with E-state index < -0.39 is 66.0 Å². The Hall–Kier alpha value is -4.18. The Balaban J connectivity index is 2.29. The molecule has 7 N–H and O–H groups in total. The predicted molar refractivity (Wildman–Crippen MR) is 131 cm³/mol. The molecule has 10 nitrogen and oxygen atoms in total. The molecule has 4 atom stereocenters. The highest BCUT2D eigenvalue weighted by Crippen LogP contribution is 2.16. The number of hydrogen-bond donors (Lipinski definition) is 4. The van der Waals surface area contributed by atoms with Crippen LogP contribution in [0.1, 0.15) is 24.0 Å².